The van der Waals surface area contributed by atoms with Gasteiger partial charge in [-0.3, -0.25) is 14.9 Å². The van der Waals surface area contributed by atoms with Crippen molar-refractivity contribution in [2.75, 3.05) is 23.3 Å². The Balaban J connectivity index is 1.73. The lowest BCUT2D eigenvalue weighted by atomic mass is 10.0. The second-order valence-electron chi connectivity index (χ2n) is 5.84. The minimum atomic E-state index is -0.413. The number of para-hydroxylation sites is 1. The summed E-state index contributed by atoms with van der Waals surface area (Å²) in [7, 11) is 0. The Labute approximate surface area is 140 Å². The van der Waals surface area contributed by atoms with Crippen molar-refractivity contribution in [3.05, 3.63) is 63.7 Å². The van der Waals surface area contributed by atoms with Crippen molar-refractivity contribution >= 4 is 23.0 Å². The number of nitrogens with zero attached hydrogens (tertiary/aromatic N) is 2. The summed E-state index contributed by atoms with van der Waals surface area (Å²) in [6, 6.07) is 12.8. The minimum absolute atomic E-state index is 0.0342. The second kappa shape index (κ2) is 6.70. The fraction of sp³-hybridized carbons (Fsp3) is 0.278. The van der Waals surface area contributed by atoms with Gasteiger partial charge >= 0.3 is 0 Å². The average molecular weight is 325 g/mol. The van der Waals surface area contributed by atoms with Gasteiger partial charge < -0.3 is 10.2 Å². The summed E-state index contributed by atoms with van der Waals surface area (Å²) >= 11 is 0. The fourth-order valence-corrected chi connectivity index (χ4v) is 3.07. The number of nitro groups is 1. The molecule has 1 heterocycles. The number of anilines is 2. The first-order valence-electron chi connectivity index (χ1n) is 7.94. The van der Waals surface area contributed by atoms with Crippen LogP contribution >= 0.6 is 0 Å². The van der Waals surface area contributed by atoms with E-state index in [1.54, 1.807) is 24.0 Å². The number of carbonyl (C=O) groups is 1. The topological polar surface area (TPSA) is 75.5 Å². The van der Waals surface area contributed by atoms with E-state index in [2.05, 4.69) is 5.32 Å². The van der Waals surface area contributed by atoms with Crippen LogP contribution in [0.2, 0.25) is 0 Å². The number of benzene rings is 2. The number of nitrogens with one attached hydrogen (secondary N) is 1. The number of amides is 1. The van der Waals surface area contributed by atoms with Gasteiger partial charge in [0.05, 0.1) is 11.5 Å². The van der Waals surface area contributed by atoms with Crippen molar-refractivity contribution in [1.82, 2.24) is 0 Å². The molecule has 0 unspecified atom stereocenters. The molecule has 0 aliphatic carbocycles. The van der Waals surface area contributed by atoms with Gasteiger partial charge in [-0.2, -0.15) is 0 Å². The summed E-state index contributed by atoms with van der Waals surface area (Å²) in [5, 5.41) is 14.0. The molecule has 1 aliphatic heterocycles. The molecule has 0 spiro atoms. The monoisotopic (exact) mass is 325 g/mol. The number of fused-ring (bicyclic) bond motifs is 1. The lowest BCUT2D eigenvalue weighted by molar-refractivity contribution is -0.385. The quantitative estimate of drug-likeness (QED) is 0.691. The summed E-state index contributed by atoms with van der Waals surface area (Å²) in [6.07, 6.45) is 1.93. The van der Waals surface area contributed by atoms with Crippen molar-refractivity contribution in [3.8, 4) is 0 Å². The van der Waals surface area contributed by atoms with Crippen molar-refractivity contribution in [3.63, 3.8) is 0 Å². The van der Waals surface area contributed by atoms with Gasteiger partial charge in [0, 0.05) is 29.5 Å². The molecule has 0 saturated carbocycles. The molecular weight excluding hydrogens is 306 g/mol. The van der Waals surface area contributed by atoms with Crippen molar-refractivity contribution in [2.24, 2.45) is 0 Å². The van der Waals surface area contributed by atoms with Gasteiger partial charge in [-0.15, -0.1) is 0 Å². The van der Waals surface area contributed by atoms with Gasteiger partial charge in [-0.1, -0.05) is 24.3 Å². The van der Waals surface area contributed by atoms with Crippen LogP contribution in [0.15, 0.2) is 42.5 Å². The third kappa shape index (κ3) is 3.08. The van der Waals surface area contributed by atoms with Crippen molar-refractivity contribution < 1.29 is 9.72 Å². The van der Waals surface area contributed by atoms with Crippen LogP contribution in [0.4, 0.5) is 17.1 Å². The van der Waals surface area contributed by atoms with E-state index < -0.39 is 4.92 Å². The first-order valence-corrected chi connectivity index (χ1v) is 7.94. The maximum Gasteiger partial charge on any atom is 0.274 e. The average Bonchev–Trinajstić information content (AvgIpc) is 2.59. The zero-order valence-corrected chi connectivity index (χ0v) is 13.5. The van der Waals surface area contributed by atoms with Crippen LogP contribution in [0.3, 0.4) is 0 Å². The molecule has 1 N–H and O–H groups in total. The highest BCUT2D eigenvalue weighted by atomic mass is 16.6. The first-order chi connectivity index (χ1) is 11.6. The van der Waals surface area contributed by atoms with Crippen LogP contribution < -0.4 is 10.2 Å². The summed E-state index contributed by atoms with van der Waals surface area (Å²) in [6.45, 7) is 2.49. The third-order valence-corrected chi connectivity index (χ3v) is 4.34. The molecule has 0 radical (unpaired) electrons. The number of carbonyl (C=O) groups excluding carboxylic acids is 1. The molecule has 2 aromatic rings. The molecule has 124 valence electrons. The van der Waals surface area contributed by atoms with Crippen LogP contribution in [0, 0.1) is 17.0 Å². The third-order valence-electron chi connectivity index (χ3n) is 4.34. The van der Waals surface area contributed by atoms with E-state index in [1.807, 2.05) is 24.3 Å². The summed E-state index contributed by atoms with van der Waals surface area (Å²) in [4.78, 5) is 25.0. The smallest absolute Gasteiger partial charge is 0.274 e. The highest BCUT2D eigenvalue weighted by molar-refractivity contribution is 5.97. The number of hydrogen-bond acceptors (Lipinski definition) is 4. The SMILES string of the molecule is Cc1c(NCC(=O)N2CCCc3ccccc32)cccc1[N+](=O)[O-]. The van der Waals surface area contributed by atoms with E-state index in [-0.39, 0.29) is 18.1 Å². The van der Waals surface area contributed by atoms with Gasteiger partial charge in [0.15, 0.2) is 0 Å². The minimum Gasteiger partial charge on any atom is -0.376 e. The maximum atomic E-state index is 12.6. The molecule has 0 atom stereocenters. The normalized spacial score (nSPS) is 13.3. The van der Waals surface area contributed by atoms with Gasteiger partial charge in [-0.25, -0.2) is 0 Å². The Morgan fingerprint density at radius 2 is 2.04 bits per heavy atom. The van der Waals surface area contributed by atoms with Crippen molar-refractivity contribution in [2.45, 2.75) is 19.8 Å². The van der Waals surface area contributed by atoms with E-state index in [9.17, 15) is 14.9 Å². The Hall–Kier alpha value is -2.89. The van der Waals surface area contributed by atoms with E-state index in [1.165, 1.54) is 11.6 Å². The molecule has 3 rings (SSSR count). The van der Waals surface area contributed by atoms with E-state index in [0.29, 0.717) is 17.8 Å². The summed E-state index contributed by atoms with van der Waals surface area (Å²) < 4.78 is 0. The van der Waals surface area contributed by atoms with Crippen LogP contribution in [-0.2, 0) is 11.2 Å². The molecule has 0 fully saturated rings. The predicted molar refractivity (Wildman–Crippen MR) is 93.4 cm³/mol. The highest BCUT2D eigenvalue weighted by Crippen LogP contribution is 2.28. The van der Waals surface area contributed by atoms with E-state index in [0.717, 1.165) is 18.5 Å². The highest BCUT2D eigenvalue weighted by Gasteiger charge is 2.22. The predicted octanol–water partition coefficient (Wildman–Crippen LogP) is 3.29. The van der Waals surface area contributed by atoms with E-state index >= 15 is 0 Å². The number of aryl methyl sites for hydroxylation is 1. The van der Waals surface area contributed by atoms with Gasteiger partial charge in [0.1, 0.15) is 0 Å². The first kappa shape index (κ1) is 16.0. The number of rotatable bonds is 4. The van der Waals surface area contributed by atoms with Crippen molar-refractivity contribution in [1.29, 1.82) is 0 Å². The Bertz CT molecular complexity index is 789. The summed E-state index contributed by atoms with van der Waals surface area (Å²) in [5.74, 6) is -0.0342. The molecule has 0 bridgehead atoms. The Kier molecular flexibility index (Phi) is 4.46. The molecule has 0 aromatic heterocycles. The van der Waals surface area contributed by atoms with Crippen LogP contribution in [-0.4, -0.2) is 23.9 Å². The number of hydrogen-bond donors (Lipinski definition) is 1. The molecule has 6 nitrogen and oxygen atoms in total. The lowest BCUT2D eigenvalue weighted by Gasteiger charge is -2.29. The largest absolute Gasteiger partial charge is 0.376 e. The van der Waals surface area contributed by atoms with Gasteiger partial charge in [0.25, 0.3) is 5.69 Å². The number of nitro benzene ring substituents is 1. The second-order valence-corrected chi connectivity index (χ2v) is 5.84. The molecular formula is C18H19N3O3. The molecule has 1 aliphatic rings. The molecule has 2 aromatic carbocycles. The van der Waals surface area contributed by atoms with Crippen LogP contribution in [0.5, 0.6) is 0 Å². The van der Waals surface area contributed by atoms with Crippen LogP contribution in [0.25, 0.3) is 0 Å². The molecule has 6 heteroatoms. The molecule has 24 heavy (non-hydrogen) atoms. The Morgan fingerprint density at radius 3 is 2.83 bits per heavy atom. The van der Waals surface area contributed by atoms with Gasteiger partial charge in [-0.05, 0) is 37.5 Å². The zero-order valence-electron chi connectivity index (χ0n) is 13.5. The summed E-state index contributed by atoms with van der Waals surface area (Å²) in [5.41, 5.74) is 3.35. The lowest BCUT2D eigenvalue weighted by Crippen LogP contribution is -2.39. The van der Waals surface area contributed by atoms with Crippen LogP contribution in [0.1, 0.15) is 17.5 Å². The molecule has 0 saturated heterocycles. The Morgan fingerprint density at radius 1 is 1.25 bits per heavy atom. The maximum absolute atomic E-state index is 12.6. The molecule has 1 amide bonds. The fourth-order valence-electron chi connectivity index (χ4n) is 3.07. The van der Waals surface area contributed by atoms with E-state index in [4.69, 9.17) is 0 Å². The zero-order chi connectivity index (χ0) is 17.1. The standard InChI is InChI=1S/C18H19N3O3/c1-13-15(8-4-10-16(13)21(23)24)19-12-18(22)20-11-5-7-14-6-2-3-9-17(14)20/h2-4,6,8-10,19H,5,7,11-12H2,1H3. The van der Waals surface area contributed by atoms with Gasteiger partial charge in [0.2, 0.25) is 5.91 Å².